The number of phenols is 1. The molecule has 3 aliphatic rings. The first-order chi connectivity index (χ1) is 17.2. The van der Waals surface area contributed by atoms with Crippen LogP contribution in [0.15, 0.2) is 53.7 Å². The van der Waals surface area contributed by atoms with Gasteiger partial charge < -0.3 is 19.9 Å². The third-order valence-electron chi connectivity index (χ3n) is 8.30. The van der Waals surface area contributed by atoms with Crippen molar-refractivity contribution in [3.05, 3.63) is 59.3 Å². The molecule has 4 atom stereocenters. The van der Waals surface area contributed by atoms with Gasteiger partial charge in [0.15, 0.2) is 0 Å². The number of piperidine rings is 1. The third kappa shape index (κ3) is 3.88. The van der Waals surface area contributed by atoms with Gasteiger partial charge in [0.1, 0.15) is 17.7 Å². The number of aromatic hydroxyl groups is 1. The summed E-state index contributed by atoms with van der Waals surface area (Å²) in [6, 6.07) is 8.72. The van der Waals surface area contributed by atoms with Gasteiger partial charge in [0.05, 0.1) is 24.1 Å². The van der Waals surface area contributed by atoms with E-state index >= 15 is 4.39 Å². The average Bonchev–Trinajstić information content (AvgIpc) is 3.64. The molecule has 0 amide bonds. The van der Waals surface area contributed by atoms with Crippen molar-refractivity contribution in [2.45, 2.75) is 75.3 Å². The molecule has 0 unspecified atom stereocenters. The van der Waals surface area contributed by atoms with E-state index in [0.29, 0.717) is 23.1 Å². The SMILES string of the molecule is Cn1ccc(-c2ccc(-c3cnc(N(C4CC4)[C@H]4C[C@]5(C)CC[C@@](C)(N5)[C@H]4F)cn3)c(O)c2)cc1=O. The van der Waals surface area contributed by atoms with Crippen molar-refractivity contribution < 1.29 is 9.50 Å². The molecule has 2 bridgehead atoms. The summed E-state index contributed by atoms with van der Waals surface area (Å²) in [5.74, 6) is 0.757. The molecule has 0 spiro atoms. The molecule has 2 saturated heterocycles. The van der Waals surface area contributed by atoms with Crippen LogP contribution in [-0.2, 0) is 7.05 Å². The summed E-state index contributed by atoms with van der Waals surface area (Å²) in [5, 5.41) is 14.3. The predicted molar refractivity (Wildman–Crippen MR) is 138 cm³/mol. The van der Waals surface area contributed by atoms with Gasteiger partial charge in [-0.25, -0.2) is 9.37 Å². The number of nitrogens with zero attached hydrogens (tertiary/aromatic N) is 4. The van der Waals surface area contributed by atoms with E-state index in [2.05, 4.69) is 22.1 Å². The van der Waals surface area contributed by atoms with E-state index in [1.165, 1.54) is 4.57 Å². The van der Waals surface area contributed by atoms with Gasteiger partial charge in [-0.05, 0) is 75.3 Å². The number of aryl methyl sites for hydroxylation is 1. The zero-order chi connectivity index (χ0) is 25.2. The summed E-state index contributed by atoms with van der Waals surface area (Å²) in [6.45, 7) is 4.21. The minimum Gasteiger partial charge on any atom is -0.507 e. The van der Waals surface area contributed by atoms with Gasteiger partial charge in [0.2, 0.25) is 0 Å². The van der Waals surface area contributed by atoms with Crippen molar-refractivity contribution in [3.8, 4) is 28.1 Å². The summed E-state index contributed by atoms with van der Waals surface area (Å²) in [6.07, 6.45) is 8.74. The van der Waals surface area contributed by atoms with E-state index < -0.39 is 11.7 Å². The van der Waals surface area contributed by atoms with Crippen LogP contribution in [0, 0.1) is 0 Å². The molecule has 6 rings (SSSR count). The fraction of sp³-hybridized carbons (Fsp3) is 0.464. The normalized spacial score (nSPS) is 29.3. The minimum atomic E-state index is -0.985. The van der Waals surface area contributed by atoms with Crippen LogP contribution < -0.4 is 15.8 Å². The zero-order valence-corrected chi connectivity index (χ0v) is 20.9. The van der Waals surface area contributed by atoms with Crippen LogP contribution in [0.2, 0.25) is 0 Å². The largest absolute Gasteiger partial charge is 0.507 e. The second kappa shape index (κ2) is 8.13. The highest BCUT2D eigenvalue weighted by atomic mass is 19.1. The quantitative estimate of drug-likeness (QED) is 0.559. The number of aromatic nitrogens is 3. The summed E-state index contributed by atoms with van der Waals surface area (Å²) in [7, 11) is 1.70. The molecular weight excluding hydrogens is 457 g/mol. The Kier molecular flexibility index (Phi) is 5.23. The van der Waals surface area contributed by atoms with Gasteiger partial charge in [-0.15, -0.1) is 0 Å². The van der Waals surface area contributed by atoms with Crippen molar-refractivity contribution in [3.63, 3.8) is 0 Å². The summed E-state index contributed by atoms with van der Waals surface area (Å²) >= 11 is 0. The molecule has 4 heterocycles. The Labute approximate surface area is 210 Å². The number of halogens is 1. The lowest BCUT2D eigenvalue weighted by molar-refractivity contribution is 0.0832. The molecule has 2 aromatic heterocycles. The molecule has 8 heteroatoms. The Morgan fingerprint density at radius 3 is 2.56 bits per heavy atom. The molecule has 188 valence electrons. The maximum absolute atomic E-state index is 15.8. The molecule has 2 N–H and O–H groups in total. The van der Waals surface area contributed by atoms with Crippen LogP contribution in [0.3, 0.4) is 0 Å². The molecule has 3 aromatic rings. The Morgan fingerprint density at radius 1 is 1.11 bits per heavy atom. The lowest BCUT2D eigenvalue weighted by Gasteiger charge is -2.48. The molecule has 1 aliphatic carbocycles. The van der Waals surface area contributed by atoms with Crippen molar-refractivity contribution in [2.75, 3.05) is 4.90 Å². The second-order valence-corrected chi connectivity index (χ2v) is 11.3. The average molecular weight is 490 g/mol. The first-order valence-corrected chi connectivity index (χ1v) is 12.7. The lowest BCUT2D eigenvalue weighted by atomic mass is 9.82. The number of rotatable bonds is 5. The fourth-order valence-electron chi connectivity index (χ4n) is 6.17. The zero-order valence-electron chi connectivity index (χ0n) is 20.9. The molecule has 2 aliphatic heterocycles. The van der Waals surface area contributed by atoms with Crippen LogP contribution in [0.25, 0.3) is 22.4 Å². The highest BCUT2D eigenvalue weighted by molar-refractivity contribution is 5.74. The summed E-state index contributed by atoms with van der Waals surface area (Å²) < 4.78 is 17.3. The van der Waals surface area contributed by atoms with Crippen LogP contribution in [0.1, 0.15) is 46.0 Å². The van der Waals surface area contributed by atoms with E-state index in [9.17, 15) is 9.90 Å². The van der Waals surface area contributed by atoms with Crippen LogP contribution >= 0.6 is 0 Å². The molecule has 1 saturated carbocycles. The smallest absolute Gasteiger partial charge is 0.250 e. The number of nitrogens with one attached hydrogen (secondary N) is 1. The van der Waals surface area contributed by atoms with E-state index in [-0.39, 0.29) is 22.9 Å². The van der Waals surface area contributed by atoms with Crippen molar-refractivity contribution >= 4 is 5.82 Å². The van der Waals surface area contributed by atoms with E-state index in [0.717, 1.165) is 43.2 Å². The third-order valence-corrected chi connectivity index (χ3v) is 8.30. The van der Waals surface area contributed by atoms with Crippen molar-refractivity contribution in [1.82, 2.24) is 19.9 Å². The monoisotopic (exact) mass is 489 g/mol. The summed E-state index contributed by atoms with van der Waals surface area (Å²) in [4.78, 5) is 23.5. The maximum Gasteiger partial charge on any atom is 0.250 e. The van der Waals surface area contributed by atoms with Crippen molar-refractivity contribution in [1.29, 1.82) is 0 Å². The number of benzene rings is 1. The highest BCUT2D eigenvalue weighted by Crippen LogP contribution is 2.48. The first-order valence-electron chi connectivity index (χ1n) is 12.7. The van der Waals surface area contributed by atoms with Crippen molar-refractivity contribution in [2.24, 2.45) is 7.05 Å². The maximum atomic E-state index is 15.8. The van der Waals surface area contributed by atoms with Crippen LogP contribution in [-0.4, -0.2) is 49.0 Å². The second-order valence-electron chi connectivity index (χ2n) is 11.3. The molecule has 0 radical (unpaired) electrons. The number of phenolic OH excluding ortho intramolecular Hbond substituents is 1. The molecule has 7 nitrogen and oxygen atoms in total. The topological polar surface area (TPSA) is 83.3 Å². The summed E-state index contributed by atoms with van der Waals surface area (Å²) in [5.41, 5.74) is 1.91. The predicted octanol–water partition coefficient (Wildman–Crippen LogP) is 4.19. The highest BCUT2D eigenvalue weighted by Gasteiger charge is 2.58. The lowest BCUT2D eigenvalue weighted by Crippen LogP contribution is -2.66. The minimum absolute atomic E-state index is 0.0565. The number of alkyl halides is 1. The Bertz CT molecular complexity index is 1370. The van der Waals surface area contributed by atoms with E-state index in [4.69, 9.17) is 4.98 Å². The first kappa shape index (κ1) is 23.2. The van der Waals surface area contributed by atoms with Gasteiger partial charge in [-0.3, -0.25) is 9.78 Å². The number of pyridine rings is 1. The molecular formula is C28H32FN5O2. The Hall–Kier alpha value is -3.26. The standard InChI is InChI=1S/C28H32FN5O2/c1-27-9-10-28(2,32-27)26(29)22(14-27)34(19-5-6-19)24-16-30-21(15-31-24)20-7-4-17(12-23(20)35)18-8-11-33(3)25(36)13-18/h4,7-8,11-13,15-16,19,22,26,32,35H,5-6,9-10,14H2,1-3H3/t22-,26-,27-,28+/m0/s1. The van der Waals surface area contributed by atoms with E-state index in [1.807, 2.05) is 19.1 Å². The van der Waals surface area contributed by atoms with Gasteiger partial charge in [0.25, 0.3) is 5.56 Å². The van der Waals surface area contributed by atoms with Gasteiger partial charge in [-0.1, -0.05) is 6.07 Å². The van der Waals surface area contributed by atoms with Gasteiger partial charge in [0, 0.05) is 42.0 Å². The Morgan fingerprint density at radius 2 is 1.89 bits per heavy atom. The van der Waals surface area contributed by atoms with E-state index in [1.54, 1.807) is 43.8 Å². The molecule has 3 fully saturated rings. The Balaban J connectivity index is 1.28. The van der Waals surface area contributed by atoms with Gasteiger partial charge in [-0.2, -0.15) is 0 Å². The molecule has 36 heavy (non-hydrogen) atoms. The van der Waals surface area contributed by atoms with Gasteiger partial charge >= 0.3 is 0 Å². The fourth-order valence-corrected chi connectivity index (χ4v) is 6.17. The number of hydrogen-bond donors (Lipinski definition) is 2. The van der Waals surface area contributed by atoms with Crippen LogP contribution in [0.4, 0.5) is 10.2 Å². The molecule has 1 aromatic carbocycles. The number of anilines is 1. The van der Waals surface area contributed by atoms with Crippen LogP contribution in [0.5, 0.6) is 5.75 Å². The number of hydrogen-bond acceptors (Lipinski definition) is 6. The number of fused-ring (bicyclic) bond motifs is 2.